The molecule has 3 aromatic rings. The van der Waals surface area contributed by atoms with Gasteiger partial charge in [0, 0.05) is 18.7 Å². The van der Waals surface area contributed by atoms with E-state index in [0.717, 1.165) is 53.1 Å². The highest BCUT2D eigenvalue weighted by Crippen LogP contribution is 2.29. The van der Waals surface area contributed by atoms with Gasteiger partial charge in [0.15, 0.2) is 0 Å². The maximum atomic E-state index is 12.6. The molecule has 0 radical (unpaired) electrons. The van der Waals surface area contributed by atoms with E-state index in [1.165, 1.54) is 31.4 Å². The van der Waals surface area contributed by atoms with Gasteiger partial charge in [0.1, 0.15) is 5.82 Å². The van der Waals surface area contributed by atoms with Gasteiger partial charge in [0.05, 0.1) is 16.6 Å². The topological polar surface area (TPSA) is 40.7 Å². The molecule has 0 saturated heterocycles. The van der Waals surface area contributed by atoms with E-state index in [4.69, 9.17) is 0 Å². The number of hydrogen-bond acceptors (Lipinski definition) is 2. The summed E-state index contributed by atoms with van der Waals surface area (Å²) in [6, 6.07) is 11.1. The summed E-state index contributed by atoms with van der Waals surface area (Å²) in [6.07, 6.45) is 1.46. The van der Waals surface area contributed by atoms with Crippen LogP contribution in [0.25, 0.3) is 11.0 Å². The summed E-state index contributed by atoms with van der Waals surface area (Å²) < 4.78 is 37.8. The van der Waals surface area contributed by atoms with E-state index in [1.54, 1.807) is 0 Å². The van der Waals surface area contributed by atoms with Gasteiger partial charge in [0.2, 0.25) is 0 Å². The van der Waals surface area contributed by atoms with Crippen molar-refractivity contribution >= 4 is 16.7 Å². The average Bonchev–Trinajstić information content (AvgIpc) is 3.05. The Morgan fingerprint density at radius 2 is 1.78 bits per heavy atom. The molecular formula is C21H24F3N3. The minimum atomic E-state index is -4.30. The first-order valence-electron chi connectivity index (χ1n) is 9.34. The third-order valence-electron chi connectivity index (χ3n) is 4.58. The molecule has 0 atom stereocenters. The summed E-state index contributed by atoms with van der Waals surface area (Å²) in [5.74, 6) is 1.00. The molecule has 3 rings (SSSR count). The molecule has 0 saturated carbocycles. The number of aromatic amines is 1. The number of halogens is 3. The van der Waals surface area contributed by atoms with Crippen LogP contribution in [0.3, 0.4) is 0 Å². The average molecular weight is 375 g/mol. The van der Waals surface area contributed by atoms with Crippen LogP contribution in [0.2, 0.25) is 0 Å². The summed E-state index contributed by atoms with van der Waals surface area (Å²) >= 11 is 0. The molecule has 0 aliphatic carbocycles. The van der Waals surface area contributed by atoms with Crippen LogP contribution in [0.5, 0.6) is 0 Å². The van der Waals surface area contributed by atoms with Crippen molar-refractivity contribution in [1.29, 1.82) is 0 Å². The lowest BCUT2D eigenvalue weighted by Gasteiger charge is -2.09. The van der Waals surface area contributed by atoms with Crippen LogP contribution in [0, 0.1) is 0 Å². The largest absolute Gasteiger partial charge is 0.416 e. The second-order valence-electron chi connectivity index (χ2n) is 6.77. The quantitative estimate of drug-likeness (QED) is 0.453. The van der Waals surface area contributed by atoms with Crippen molar-refractivity contribution in [3.63, 3.8) is 0 Å². The number of nitrogens with zero attached hydrogens (tertiary/aromatic N) is 1. The Balaban J connectivity index is 1.60. The Morgan fingerprint density at radius 1 is 1.00 bits per heavy atom. The van der Waals surface area contributed by atoms with Gasteiger partial charge in [0.25, 0.3) is 0 Å². The fourth-order valence-electron chi connectivity index (χ4n) is 3.02. The summed E-state index contributed by atoms with van der Waals surface area (Å²) in [5.41, 5.74) is 2.96. The second kappa shape index (κ2) is 8.46. The van der Waals surface area contributed by atoms with Gasteiger partial charge in [-0.15, -0.1) is 0 Å². The van der Waals surface area contributed by atoms with E-state index in [-0.39, 0.29) is 0 Å². The second-order valence-corrected chi connectivity index (χ2v) is 6.77. The molecule has 0 spiro atoms. The molecule has 1 aromatic heterocycles. The minimum Gasteiger partial charge on any atom is -0.381 e. The van der Waals surface area contributed by atoms with E-state index < -0.39 is 11.7 Å². The Labute approximate surface area is 157 Å². The monoisotopic (exact) mass is 375 g/mol. The molecule has 0 amide bonds. The predicted molar refractivity (Wildman–Crippen MR) is 103 cm³/mol. The molecule has 6 heteroatoms. The Bertz CT molecular complexity index is 867. The molecule has 27 heavy (non-hydrogen) atoms. The van der Waals surface area contributed by atoms with Gasteiger partial charge in [-0.25, -0.2) is 4.98 Å². The van der Waals surface area contributed by atoms with Crippen molar-refractivity contribution in [3.05, 3.63) is 59.4 Å². The number of rotatable bonds is 8. The zero-order chi connectivity index (χ0) is 19.3. The standard InChI is InChI=1S/C21H24F3N3/c1-2-3-4-5-6-20-26-18-12-11-17(13-19(18)27-20)25-14-15-7-9-16(10-8-15)21(22,23)24/h7-13,25H,2-6,14H2,1H3,(H,26,27). The lowest BCUT2D eigenvalue weighted by Crippen LogP contribution is -2.05. The van der Waals surface area contributed by atoms with Gasteiger partial charge in [-0.1, -0.05) is 38.3 Å². The fourth-order valence-corrected chi connectivity index (χ4v) is 3.02. The lowest BCUT2D eigenvalue weighted by atomic mass is 10.1. The van der Waals surface area contributed by atoms with Crippen molar-refractivity contribution in [2.24, 2.45) is 0 Å². The molecule has 144 valence electrons. The number of aryl methyl sites for hydroxylation is 1. The number of fused-ring (bicyclic) bond motifs is 1. The summed E-state index contributed by atoms with van der Waals surface area (Å²) in [6.45, 7) is 2.65. The summed E-state index contributed by atoms with van der Waals surface area (Å²) in [5, 5.41) is 3.25. The fraction of sp³-hybridized carbons (Fsp3) is 0.381. The number of H-pyrrole nitrogens is 1. The number of hydrogen-bond donors (Lipinski definition) is 2. The molecule has 2 N–H and O–H groups in total. The van der Waals surface area contributed by atoms with Crippen molar-refractivity contribution in [2.75, 3.05) is 5.32 Å². The first-order valence-corrected chi connectivity index (χ1v) is 9.34. The van der Waals surface area contributed by atoms with Crippen LogP contribution in [0.1, 0.15) is 49.6 Å². The Hall–Kier alpha value is -2.50. The number of anilines is 1. The first kappa shape index (κ1) is 19.3. The van der Waals surface area contributed by atoms with E-state index in [9.17, 15) is 13.2 Å². The van der Waals surface area contributed by atoms with Crippen molar-refractivity contribution < 1.29 is 13.2 Å². The number of unbranched alkanes of at least 4 members (excludes halogenated alkanes) is 3. The molecule has 0 bridgehead atoms. The predicted octanol–water partition coefficient (Wildman–Crippen LogP) is 6.32. The third-order valence-corrected chi connectivity index (χ3v) is 4.58. The molecule has 0 aliphatic rings. The lowest BCUT2D eigenvalue weighted by molar-refractivity contribution is -0.137. The SMILES string of the molecule is CCCCCCc1nc2cc(NCc3ccc(C(F)(F)F)cc3)ccc2[nH]1. The molecule has 3 nitrogen and oxygen atoms in total. The molecule has 1 heterocycles. The number of imidazole rings is 1. The van der Waals surface area contributed by atoms with Gasteiger partial charge in [-0.2, -0.15) is 13.2 Å². The maximum absolute atomic E-state index is 12.6. The molecule has 0 fully saturated rings. The van der Waals surface area contributed by atoms with Gasteiger partial charge >= 0.3 is 6.18 Å². The van der Waals surface area contributed by atoms with Gasteiger partial charge < -0.3 is 10.3 Å². The maximum Gasteiger partial charge on any atom is 0.416 e. The normalized spacial score (nSPS) is 11.9. The zero-order valence-corrected chi connectivity index (χ0v) is 15.4. The third kappa shape index (κ3) is 5.25. The molecule has 0 aliphatic heterocycles. The van der Waals surface area contributed by atoms with E-state index >= 15 is 0 Å². The Kier molecular flexibility index (Phi) is 6.04. The van der Waals surface area contributed by atoms with Gasteiger partial charge in [-0.3, -0.25) is 0 Å². The molecule has 0 unspecified atom stereocenters. The molecule has 2 aromatic carbocycles. The minimum absolute atomic E-state index is 0.456. The van der Waals surface area contributed by atoms with Crippen molar-refractivity contribution in [3.8, 4) is 0 Å². The highest BCUT2D eigenvalue weighted by Gasteiger charge is 2.29. The van der Waals surface area contributed by atoms with Gasteiger partial charge in [-0.05, 0) is 42.3 Å². The van der Waals surface area contributed by atoms with Crippen molar-refractivity contribution in [1.82, 2.24) is 9.97 Å². The van der Waals surface area contributed by atoms with E-state index in [1.807, 2.05) is 18.2 Å². The van der Waals surface area contributed by atoms with Crippen LogP contribution in [0.15, 0.2) is 42.5 Å². The highest BCUT2D eigenvalue weighted by molar-refractivity contribution is 5.79. The molecular weight excluding hydrogens is 351 g/mol. The highest BCUT2D eigenvalue weighted by atomic mass is 19.4. The number of alkyl halides is 3. The smallest absolute Gasteiger partial charge is 0.381 e. The van der Waals surface area contributed by atoms with E-state index in [2.05, 4.69) is 22.2 Å². The number of benzene rings is 2. The van der Waals surface area contributed by atoms with Crippen LogP contribution in [0.4, 0.5) is 18.9 Å². The number of nitrogens with one attached hydrogen (secondary N) is 2. The first-order chi connectivity index (χ1) is 13.0. The van der Waals surface area contributed by atoms with Crippen LogP contribution in [-0.4, -0.2) is 9.97 Å². The van der Waals surface area contributed by atoms with Crippen LogP contribution in [-0.2, 0) is 19.1 Å². The van der Waals surface area contributed by atoms with Crippen LogP contribution < -0.4 is 5.32 Å². The number of aromatic nitrogens is 2. The zero-order valence-electron chi connectivity index (χ0n) is 15.4. The Morgan fingerprint density at radius 3 is 2.48 bits per heavy atom. The van der Waals surface area contributed by atoms with E-state index in [0.29, 0.717) is 6.54 Å². The van der Waals surface area contributed by atoms with Crippen molar-refractivity contribution in [2.45, 2.75) is 51.7 Å². The van der Waals surface area contributed by atoms with Crippen LogP contribution >= 0.6 is 0 Å². The summed E-state index contributed by atoms with van der Waals surface area (Å²) in [7, 11) is 0. The summed E-state index contributed by atoms with van der Waals surface area (Å²) in [4.78, 5) is 7.99.